The quantitative estimate of drug-likeness (QED) is 0.616. The van der Waals surface area contributed by atoms with E-state index in [1.165, 1.54) is 30.1 Å². The van der Waals surface area contributed by atoms with Gasteiger partial charge in [-0.1, -0.05) is 0 Å². The highest BCUT2D eigenvalue weighted by atomic mass is 32.2. The maximum atomic E-state index is 14.5. The number of nitriles is 1. The summed E-state index contributed by atoms with van der Waals surface area (Å²) >= 11 is 1.20. The highest BCUT2D eigenvalue weighted by Crippen LogP contribution is 2.39. The van der Waals surface area contributed by atoms with E-state index in [1.807, 2.05) is 6.07 Å². The maximum absolute atomic E-state index is 14.5. The maximum Gasteiger partial charge on any atom is 0.335 e. The van der Waals surface area contributed by atoms with Crippen LogP contribution in [0, 0.1) is 17.1 Å². The fourth-order valence-corrected chi connectivity index (χ4v) is 4.83. The molecule has 156 valence electrons. The Morgan fingerprint density at radius 1 is 1.27 bits per heavy atom. The molecule has 1 saturated heterocycles. The first-order chi connectivity index (χ1) is 14.6. The van der Waals surface area contributed by atoms with Gasteiger partial charge in [0.25, 0.3) is 0 Å². The fraction of sp³-hybridized carbons (Fsp3) is 0.364. The topological polar surface area (TPSA) is 85.6 Å². The Kier molecular flexibility index (Phi) is 6.00. The van der Waals surface area contributed by atoms with E-state index in [2.05, 4.69) is 9.62 Å². The van der Waals surface area contributed by atoms with Crippen LogP contribution in [0.5, 0.6) is 5.75 Å². The van der Waals surface area contributed by atoms with Gasteiger partial charge in [-0.2, -0.15) is 5.26 Å². The summed E-state index contributed by atoms with van der Waals surface area (Å²) in [6, 6.07) is 9.89. The van der Waals surface area contributed by atoms with Crippen molar-refractivity contribution in [2.45, 2.75) is 43.0 Å². The molecule has 1 unspecified atom stereocenters. The van der Waals surface area contributed by atoms with Crippen LogP contribution in [0.1, 0.15) is 48.0 Å². The van der Waals surface area contributed by atoms with Gasteiger partial charge in [0, 0.05) is 18.7 Å². The molecule has 1 fully saturated rings. The molecule has 2 aliphatic rings. The van der Waals surface area contributed by atoms with Crippen molar-refractivity contribution in [1.29, 1.82) is 5.26 Å². The van der Waals surface area contributed by atoms with Gasteiger partial charge in [-0.15, -0.1) is 0 Å². The third-order valence-corrected chi connectivity index (χ3v) is 6.40. The smallest absolute Gasteiger partial charge is 0.335 e. The number of carbonyl (C=O) groups is 1. The number of halogens is 1. The van der Waals surface area contributed by atoms with E-state index in [0.29, 0.717) is 22.9 Å². The molecular formula is C22H22FN3O3S. The van der Waals surface area contributed by atoms with Gasteiger partial charge in [0.1, 0.15) is 17.6 Å². The Morgan fingerprint density at radius 2 is 2.10 bits per heavy atom. The summed E-state index contributed by atoms with van der Waals surface area (Å²) in [6.45, 7) is 1.36. The number of fused-ring (bicyclic) bond motifs is 4. The van der Waals surface area contributed by atoms with Gasteiger partial charge < -0.3 is 19.5 Å². The second-order valence-corrected chi connectivity index (χ2v) is 8.31. The standard InChI is InChI=1S/C22H22FN3O3S/c23-17-12-19-18(10-15(17)13-24)25-30-21-11-14(22(27)28)6-7-20(21)29-9-3-5-16-4-1-2-8-26(16)19/h6-7,10-12,16,25H,1-5,8-9H2,(H,27,28). The van der Waals surface area contributed by atoms with Gasteiger partial charge in [0.2, 0.25) is 0 Å². The molecule has 0 bridgehead atoms. The zero-order valence-corrected chi connectivity index (χ0v) is 17.2. The normalized spacial score (nSPS) is 18.8. The van der Waals surface area contributed by atoms with E-state index in [4.69, 9.17) is 4.74 Å². The molecule has 0 aromatic heterocycles. The van der Waals surface area contributed by atoms with Crippen molar-refractivity contribution < 1.29 is 19.0 Å². The fourth-order valence-electron chi connectivity index (χ4n) is 4.04. The van der Waals surface area contributed by atoms with E-state index in [1.54, 1.807) is 12.1 Å². The Morgan fingerprint density at radius 3 is 2.90 bits per heavy atom. The minimum absolute atomic E-state index is 0.0294. The van der Waals surface area contributed by atoms with Gasteiger partial charge in [0.05, 0.1) is 34.0 Å². The highest BCUT2D eigenvalue weighted by molar-refractivity contribution is 8.00. The van der Waals surface area contributed by atoms with Gasteiger partial charge >= 0.3 is 5.97 Å². The number of anilines is 2. The molecule has 4 rings (SSSR count). The highest BCUT2D eigenvalue weighted by Gasteiger charge is 2.26. The van der Waals surface area contributed by atoms with Crippen molar-refractivity contribution in [2.75, 3.05) is 22.8 Å². The Bertz CT molecular complexity index is 1010. The summed E-state index contributed by atoms with van der Waals surface area (Å²) in [7, 11) is 0. The number of nitrogens with one attached hydrogen (secondary N) is 1. The monoisotopic (exact) mass is 427 g/mol. The first kappa shape index (κ1) is 20.4. The summed E-state index contributed by atoms with van der Waals surface area (Å²) in [6.07, 6.45) is 4.96. The number of hydrogen-bond acceptors (Lipinski definition) is 6. The van der Waals surface area contributed by atoms with Gasteiger partial charge in [0.15, 0.2) is 0 Å². The molecule has 2 N–H and O–H groups in total. The molecular weight excluding hydrogens is 405 g/mol. The van der Waals surface area contributed by atoms with E-state index in [0.717, 1.165) is 44.3 Å². The first-order valence-electron chi connectivity index (χ1n) is 10.00. The molecule has 8 heteroatoms. The summed E-state index contributed by atoms with van der Waals surface area (Å²) < 4.78 is 23.7. The number of carboxylic acids is 1. The number of benzene rings is 2. The predicted octanol–water partition coefficient (Wildman–Crippen LogP) is 5.05. The minimum atomic E-state index is -1.02. The molecule has 2 aromatic rings. The van der Waals surface area contributed by atoms with Crippen LogP contribution in [0.3, 0.4) is 0 Å². The number of hydrogen-bond donors (Lipinski definition) is 2. The molecule has 6 nitrogen and oxygen atoms in total. The van der Waals surface area contributed by atoms with Gasteiger partial charge in [-0.05, 0) is 68.3 Å². The van der Waals surface area contributed by atoms with Crippen LogP contribution in [0.25, 0.3) is 0 Å². The lowest BCUT2D eigenvalue weighted by molar-refractivity contribution is 0.0696. The minimum Gasteiger partial charge on any atom is -0.492 e. The van der Waals surface area contributed by atoms with Crippen molar-refractivity contribution in [3.8, 4) is 11.8 Å². The Balaban J connectivity index is 1.76. The van der Waals surface area contributed by atoms with Crippen LogP contribution in [0.2, 0.25) is 0 Å². The number of piperidine rings is 1. The van der Waals surface area contributed by atoms with Crippen LogP contribution in [0.15, 0.2) is 35.2 Å². The van der Waals surface area contributed by atoms with Crippen molar-refractivity contribution in [3.05, 3.63) is 47.3 Å². The van der Waals surface area contributed by atoms with Crippen LogP contribution < -0.4 is 14.4 Å². The lowest BCUT2D eigenvalue weighted by Gasteiger charge is -2.39. The lowest BCUT2D eigenvalue weighted by atomic mass is 9.96. The molecule has 2 heterocycles. The third-order valence-electron chi connectivity index (χ3n) is 5.54. The van der Waals surface area contributed by atoms with Crippen LogP contribution in [0.4, 0.5) is 15.8 Å². The zero-order chi connectivity index (χ0) is 21.1. The first-order valence-corrected chi connectivity index (χ1v) is 10.8. The average molecular weight is 428 g/mol. The van der Waals surface area contributed by atoms with Crippen molar-refractivity contribution in [1.82, 2.24) is 0 Å². The van der Waals surface area contributed by atoms with Crippen LogP contribution in [-0.4, -0.2) is 30.3 Å². The van der Waals surface area contributed by atoms with E-state index >= 15 is 0 Å². The Labute approximate surface area is 178 Å². The van der Waals surface area contributed by atoms with Gasteiger partial charge in [-0.25, -0.2) is 9.18 Å². The van der Waals surface area contributed by atoms with Gasteiger partial charge in [-0.3, -0.25) is 0 Å². The average Bonchev–Trinajstić information content (AvgIpc) is 2.75. The summed E-state index contributed by atoms with van der Waals surface area (Å²) in [5.41, 5.74) is 1.50. The summed E-state index contributed by atoms with van der Waals surface area (Å²) in [4.78, 5) is 14.2. The number of ether oxygens (including phenoxy) is 1. The van der Waals surface area contributed by atoms with Crippen LogP contribution >= 0.6 is 11.9 Å². The zero-order valence-electron chi connectivity index (χ0n) is 16.4. The summed E-state index contributed by atoms with van der Waals surface area (Å²) in [5, 5.41) is 18.6. The number of aromatic carboxylic acids is 1. The van der Waals surface area contributed by atoms with E-state index in [-0.39, 0.29) is 17.2 Å². The van der Waals surface area contributed by atoms with Crippen molar-refractivity contribution in [2.24, 2.45) is 0 Å². The molecule has 0 radical (unpaired) electrons. The SMILES string of the molecule is N#Cc1cc2c(cc1F)N1CCCCC1CCCOc1ccc(C(=O)O)cc1SN2. The molecule has 2 aromatic carbocycles. The lowest BCUT2D eigenvalue weighted by Crippen LogP contribution is -2.40. The number of carboxylic acid groups (broad SMARTS) is 1. The predicted molar refractivity (Wildman–Crippen MR) is 114 cm³/mol. The second-order valence-electron chi connectivity index (χ2n) is 7.47. The van der Waals surface area contributed by atoms with E-state index < -0.39 is 11.8 Å². The molecule has 30 heavy (non-hydrogen) atoms. The molecule has 0 spiro atoms. The van der Waals surface area contributed by atoms with Crippen LogP contribution in [-0.2, 0) is 0 Å². The largest absolute Gasteiger partial charge is 0.492 e. The molecule has 0 saturated carbocycles. The van der Waals surface area contributed by atoms with Crippen molar-refractivity contribution in [3.63, 3.8) is 0 Å². The molecule has 0 aliphatic carbocycles. The molecule has 2 aliphatic heterocycles. The van der Waals surface area contributed by atoms with E-state index in [9.17, 15) is 19.6 Å². The second kappa shape index (κ2) is 8.84. The number of rotatable bonds is 1. The van der Waals surface area contributed by atoms with Crippen molar-refractivity contribution >= 4 is 29.3 Å². The Hall–Kier alpha value is -2.92. The molecule has 1 atom stereocenters. The number of nitrogens with zero attached hydrogens (tertiary/aromatic N) is 2. The molecule has 0 amide bonds. The summed E-state index contributed by atoms with van der Waals surface area (Å²) in [5.74, 6) is -0.950. The third kappa shape index (κ3) is 4.17.